The van der Waals surface area contributed by atoms with Crippen LogP contribution in [-0.4, -0.2) is 44.1 Å². The van der Waals surface area contributed by atoms with Crippen LogP contribution >= 0.6 is 0 Å². The maximum atomic E-state index is 12.2. The van der Waals surface area contributed by atoms with Crippen LogP contribution in [0.5, 0.6) is 0 Å². The molecule has 0 saturated carbocycles. The average Bonchev–Trinajstić information content (AvgIpc) is 2.46. The highest BCUT2D eigenvalue weighted by Gasteiger charge is 2.28. The molecule has 5 nitrogen and oxygen atoms in total. The van der Waals surface area contributed by atoms with Crippen LogP contribution in [0.1, 0.15) is 19.3 Å². The number of sulfone groups is 1. The Kier molecular flexibility index (Phi) is 4.77. The van der Waals surface area contributed by atoms with Crippen LogP contribution in [0.15, 0.2) is 35.2 Å². The predicted octanol–water partition coefficient (Wildman–Crippen LogP) is 0.800. The molecule has 1 atom stereocenters. The molecule has 1 heterocycles. The Bertz CT molecular complexity index is 557. The molecule has 1 saturated heterocycles. The van der Waals surface area contributed by atoms with Gasteiger partial charge in [0.25, 0.3) is 0 Å². The molecule has 2 rings (SSSR count). The van der Waals surface area contributed by atoms with Crippen LogP contribution in [0.2, 0.25) is 0 Å². The molecule has 1 fully saturated rings. The van der Waals surface area contributed by atoms with Crippen molar-refractivity contribution in [1.82, 2.24) is 4.90 Å². The average molecular weight is 296 g/mol. The standard InChI is InChI=1S/C14H20N2O3S/c15-14(17)13-8-4-5-9-16(13)10-11-20(18,19)12-6-2-1-3-7-12/h1-3,6-7,13H,4-5,8-11H2,(H2,15,17)/t13-/m1/s1. The van der Waals surface area contributed by atoms with Crippen molar-refractivity contribution in [2.45, 2.75) is 30.2 Å². The first-order chi connectivity index (χ1) is 9.50. The van der Waals surface area contributed by atoms with Crippen molar-refractivity contribution < 1.29 is 13.2 Å². The van der Waals surface area contributed by atoms with Crippen molar-refractivity contribution in [3.05, 3.63) is 30.3 Å². The van der Waals surface area contributed by atoms with E-state index in [-0.39, 0.29) is 17.7 Å². The fourth-order valence-electron chi connectivity index (χ4n) is 2.56. The zero-order chi connectivity index (χ0) is 14.6. The van der Waals surface area contributed by atoms with Gasteiger partial charge in [-0.15, -0.1) is 0 Å². The quantitative estimate of drug-likeness (QED) is 0.871. The lowest BCUT2D eigenvalue weighted by atomic mass is 10.0. The number of carbonyl (C=O) groups excluding carboxylic acids is 1. The number of nitrogens with two attached hydrogens (primary N) is 1. The number of hydrogen-bond donors (Lipinski definition) is 1. The van der Waals surface area contributed by atoms with Gasteiger partial charge in [-0.25, -0.2) is 8.42 Å². The number of rotatable bonds is 5. The van der Waals surface area contributed by atoms with Crippen molar-refractivity contribution in [3.63, 3.8) is 0 Å². The van der Waals surface area contributed by atoms with Gasteiger partial charge in [-0.05, 0) is 31.5 Å². The molecule has 0 aliphatic carbocycles. The SMILES string of the molecule is NC(=O)[C@H]1CCCCN1CCS(=O)(=O)c1ccccc1. The summed E-state index contributed by atoms with van der Waals surface area (Å²) >= 11 is 0. The number of piperidine rings is 1. The van der Waals surface area contributed by atoms with Crippen molar-refractivity contribution >= 4 is 15.7 Å². The van der Waals surface area contributed by atoms with Gasteiger partial charge in [-0.1, -0.05) is 24.6 Å². The highest BCUT2D eigenvalue weighted by Crippen LogP contribution is 2.18. The van der Waals surface area contributed by atoms with E-state index in [1.54, 1.807) is 30.3 Å². The van der Waals surface area contributed by atoms with E-state index in [0.29, 0.717) is 11.4 Å². The molecule has 1 aromatic carbocycles. The number of nitrogens with zero attached hydrogens (tertiary/aromatic N) is 1. The Morgan fingerprint density at radius 2 is 1.95 bits per heavy atom. The van der Waals surface area contributed by atoms with Crippen molar-refractivity contribution in [2.75, 3.05) is 18.8 Å². The van der Waals surface area contributed by atoms with Crippen LogP contribution in [0.25, 0.3) is 0 Å². The lowest BCUT2D eigenvalue weighted by molar-refractivity contribution is -0.124. The molecule has 0 spiro atoms. The highest BCUT2D eigenvalue weighted by molar-refractivity contribution is 7.91. The molecule has 0 unspecified atom stereocenters. The first-order valence-electron chi connectivity index (χ1n) is 6.82. The van der Waals surface area contributed by atoms with E-state index in [4.69, 9.17) is 5.73 Å². The van der Waals surface area contributed by atoms with E-state index < -0.39 is 9.84 Å². The van der Waals surface area contributed by atoms with Gasteiger partial charge < -0.3 is 5.73 Å². The fourth-order valence-corrected chi connectivity index (χ4v) is 3.85. The maximum absolute atomic E-state index is 12.2. The van der Waals surface area contributed by atoms with Crippen molar-refractivity contribution in [2.24, 2.45) is 5.73 Å². The molecule has 1 amide bonds. The molecule has 0 bridgehead atoms. The zero-order valence-electron chi connectivity index (χ0n) is 11.4. The van der Waals surface area contributed by atoms with Gasteiger partial charge in [0, 0.05) is 6.54 Å². The third kappa shape index (κ3) is 3.58. The van der Waals surface area contributed by atoms with Gasteiger partial charge in [0.05, 0.1) is 16.7 Å². The molecule has 20 heavy (non-hydrogen) atoms. The monoisotopic (exact) mass is 296 g/mol. The van der Waals surface area contributed by atoms with Crippen LogP contribution < -0.4 is 5.73 Å². The topological polar surface area (TPSA) is 80.5 Å². The lowest BCUT2D eigenvalue weighted by Gasteiger charge is -2.33. The minimum atomic E-state index is -3.30. The van der Waals surface area contributed by atoms with Crippen LogP contribution in [0.3, 0.4) is 0 Å². The summed E-state index contributed by atoms with van der Waals surface area (Å²) in [5, 5.41) is 0. The number of primary amides is 1. The number of amides is 1. The maximum Gasteiger partial charge on any atom is 0.234 e. The van der Waals surface area contributed by atoms with Crippen molar-refractivity contribution in [1.29, 1.82) is 0 Å². The minimum absolute atomic E-state index is 0.0147. The van der Waals surface area contributed by atoms with Crippen LogP contribution in [-0.2, 0) is 14.6 Å². The highest BCUT2D eigenvalue weighted by atomic mass is 32.2. The summed E-state index contributed by atoms with van der Waals surface area (Å²) in [6.07, 6.45) is 2.67. The van der Waals surface area contributed by atoms with E-state index in [1.807, 2.05) is 4.90 Å². The molecule has 0 aromatic heterocycles. The summed E-state index contributed by atoms with van der Waals surface area (Å²) < 4.78 is 24.4. The summed E-state index contributed by atoms with van der Waals surface area (Å²) in [6, 6.07) is 8.07. The Morgan fingerprint density at radius 1 is 1.25 bits per heavy atom. The molecule has 6 heteroatoms. The third-order valence-corrected chi connectivity index (χ3v) is 5.40. The molecule has 1 aliphatic heterocycles. The van der Waals surface area contributed by atoms with Gasteiger partial charge in [-0.2, -0.15) is 0 Å². The number of likely N-dealkylation sites (tertiary alicyclic amines) is 1. The summed E-state index contributed by atoms with van der Waals surface area (Å²) in [5.41, 5.74) is 5.38. The van der Waals surface area contributed by atoms with E-state index in [2.05, 4.69) is 0 Å². The number of carbonyl (C=O) groups is 1. The van der Waals surface area contributed by atoms with E-state index in [9.17, 15) is 13.2 Å². The Balaban J connectivity index is 2.02. The van der Waals surface area contributed by atoms with Crippen LogP contribution in [0, 0.1) is 0 Å². The second-order valence-corrected chi connectivity index (χ2v) is 7.19. The molecule has 1 aliphatic rings. The van der Waals surface area contributed by atoms with E-state index in [1.165, 1.54) is 0 Å². The third-order valence-electron chi connectivity index (χ3n) is 3.69. The Labute approximate surface area is 119 Å². The summed E-state index contributed by atoms with van der Waals surface area (Å²) in [7, 11) is -3.30. The predicted molar refractivity (Wildman–Crippen MR) is 76.9 cm³/mol. The molecule has 110 valence electrons. The Hall–Kier alpha value is -1.40. The van der Waals surface area contributed by atoms with Gasteiger partial charge >= 0.3 is 0 Å². The molecule has 1 aromatic rings. The largest absolute Gasteiger partial charge is 0.368 e. The van der Waals surface area contributed by atoms with Gasteiger partial charge in [0.2, 0.25) is 5.91 Å². The molecule has 2 N–H and O–H groups in total. The summed E-state index contributed by atoms with van der Waals surface area (Å²) in [5.74, 6) is -0.345. The summed E-state index contributed by atoms with van der Waals surface area (Å²) in [4.78, 5) is 13.6. The molecule has 0 radical (unpaired) electrons. The number of hydrogen-bond acceptors (Lipinski definition) is 4. The Morgan fingerprint density at radius 3 is 2.60 bits per heavy atom. The lowest BCUT2D eigenvalue weighted by Crippen LogP contribution is -2.49. The van der Waals surface area contributed by atoms with Gasteiger partial charge in [-0.3, -0.25) is 9.69 Å². The van der Waals surface area contributed by atoms with Crippen molar-refractivity contribution in [3.8, 4) is 0 Å². The normalized spacial score (nSPS) is 20.7. The zero-order valence-corrected chi connectivity index (χ0v) is 12.2. The number of benzene rings is 1. The first kappa shape index (κ1) is 15.0. The van der Waals surface area contributed by atoms with Gasteiger partial charge in [0.1, 0.15) is 0 Å². The molecular weight excluding hydrogens is 276 g/mol. The first-order valence-corrected chi connectivity index (χ1v) is 8.47. The fraction of sp³-hybridized carbons (Fsp3) is 0.500. The molecular formula is C14H20N2O3S. The van der Waals surface area contributed by atoms with E-state index in [0.717, 1.165) is 25.8 Å². The van der Waals surface area contributed by atoms with Gasteiger partial charge in [0.15, 0.2) is 9.84 Å². The smallest absolute Gasteiger partial charge is 0.234 e. The van der Waals surface area contributed by atoms with E-state index >= 15 is 0 Å². The minimum Gasteiger partial charge on any atom is -0.368 e. The van der Waals surface area contributed by atoms with Crippen LogP contribution in [0.4, 0.5) is 0 Å². The summed E-state index contributed by atoms with van der Waals surface area (Å²) in [6.45, 7) is 1.09. The second-order valence-electron chi connectivity index (χ2n) is 5.08. The second kappa shape index (κ2) is 6.37.